The number of anilines is 2. The van der Waals surface area contributed by atoms with Gasteiger partial charge in [-0.15, -0.1) is 0 Å². The molecule has 2 N–H and O–H groups in total. The maximum absolute atomic E-state index is 5.74. The van der Waals surface area contributed by atoms with E-state index >= 15 is 0 Å². The molecule has 0 amide bonds. The third-order valence-corrected chi connectivity index (χ3v) is 12.4. The van der Waals surface area contributed by atoms with Crippen LogP contribution < -0.4 is 19.6 Å². The fourth-order valence-corrected chi connectivity index (χ4v) is 11.0. The van der Waals surface area contributed by atoms with Crippen LogP contribution in [0.2, 0.25) is 0 Å². The van der Waals surface area contributed by atoms with E-state index in [1.165, 1.54) is 8.92 Å². The van der Waals surface area contributed by atoms with E-state index in [1.54, 1.807) is 0 Å². The summed E-state index contributed by atoms with van der Waals surface area (Å²) < 4.78 is 2.62. The summed E-state index contributed by atoms with van der Waals surface area (Å²) in [6, 6.07) is 37.0. The normalized spacial score (nSPS) is 10.4. The molecule has 158 valence electrons. The summed E-state index contributed by atoms with van der Waals surface area (Å²) in [6.45, 7) is 0. The van der Waals surface area contributed by atoms with Crippen molar-refractivity contribution in [3.05, 3.63) is 120 Å². The van der Waals surface area contributed by atoms with Crippen LogP contribution >= 0.6 is 24.4 Å². The molecule has 2 nitrogen and oxygen atoms in total. The quantitative estimate of drug-likeness (QED) is 0.247. The molecule has 0 spiro atoms. The first-order valence-electron chi connectivity index (χ1n) is 9.96. The second-order valence-electron chi connectivity index (χ2n) is 6.80. The Labute approximate surface area is 210 Å². The molecule has 0 radical (unpaired) electrons. The molecule has 0 fully saturated rings. The third kappa shape index (κ3) is 6.14. The van der Waals surface area contributed by atoms with Crippen LogP contribution in [0.15, 0.2) is 109 Å². The Hall–Kier alpha value is -2.30. The Morgan fingerprint density at radius 2 is 0.812 bits per heavy atom. The fourth-order valence-electron chi connectivity index (χ4n) is 2.98. The molecule has 0 aliphatic heterocycles. The Balaban J connectivity index is 1.49. The van der Waals surface area contributed by atoms with Gasteiger partial charge in [-0.2, -0.15) is 0 Å². The monoisotopic (exact) mass is 584 g/mol. The fraction of sp³-hybridized carbons (Fsp3) is 0. The standard InChI is InChI=1S/C26H20N2S2Se2/c29-25(27-19-11-3-1-4-12-19)21-15-7-9-17-23(21)31-32-24-18-10-8-16-22(24)26(30)28-20-13-5-2-6-14-20/h1-18H,(H,27,29)(H,28,30). The topological polar surface area (TPSA) is 24.1 Å². The zero-order valence-corrected chi connectivity index (χ0v) is 22.1. The molecule has 0 unspecified atom stereocenters. The Morgan fingerprint density at radius 1 is 0.469 bits per heavy atom. The van der Waals surface area contributed by atoms with E-state index in [-0.39, 0.29) is 26.3 Å². The van der Waals surface area contributed by atoms with Gasteiger partial charge in [0.05, 0.1) is 0 Å². The van der Waals surface area contributed by atoms with Gasteiger partial charge in [0, 0.05) is 0 Å². The second-order valence-corrected chi connectivity index (χ2v) is 13.8. The molecular formula is C26H20N2S2Se2. The number of para-hydroxylation sites is 2. The number of benzene rings is 4. The van der Waals surface area contributed by atoms with E-state index in [0.717, 1.165) is 32.5 Å². The van der Waals surface area contributed by atoms with Gasteiger partial charge in [-0.05, 0) is 0 Å². The van der Waals surface area contributed by atoms with E-state index in [1.807, 2.05) is 72.8 Å². The van der Waals surface area contributed by atoms with Crippen molar-refractivity contribution in [2.24, 2.45) is 0 Å². The van der Waals surface area contributed by atoms with Gasteiger partial charge in [0.2, 0.25) is 0 Å². The molecule has 0 saturated carbocycles. The molecule has 0 aromatic heterocycles. The van der Waals surface area contributed by atoms with Crippen LogP contribution in [0.1, 0.15) is 11.1 Å². The SMILES string of the molecule is S=C(Nc1ccccc1)c1ccccc1[Se][Se]c1ccccc1C(=S)Nc1ccccc1. The summed E-state index contributed by atoms with van der Waals surface area (Å²) in [5.41, 5.74) is 4.23. The van der Waals surface area contributed by atoms with Crippen LogP contribution in [0.5, 0.6) is 0 Å². The minimum atomic E-state index is 0.268. The van der Waals surface area contributed by atoms with E-state index in [4.69, 9.17) is 24.4 Å². The molecule has 6 heteroatoms. The summed E-state index contributed by atoms with van der Waals surface area (Å²) in [6.07, 6.45) is 0. The molecule has 0 atom stereocenters. The van der Waals surface area contributed by atoms with Crippen molar-refractivity contribution < 1.29 is 0 Å². The van der Waals surface area contributed by atoms with Crippen molar-refractivity contribution >= 4 is 81.0 Å². The molecule has 0 saturated heterocycles. The molecule has 0 heterocycles. The first-order valence-corrected chi connectivity index (χ1v) is 16.8. The first-order chi connectivity index (χ1) is 15.7. The predicted octanol–water partition coefficient (Wildman–Crippen LogP) is 4.54. The number of nitrogens with one attached hydrogen (secondary N) is 2. The van der Waals surface area contributed by atoms with Crippen LogP contribution in [0, 0.1) is 0 Å². The summed E-state index contributed by atoms with van der Waals surface area (Å²) in [4.78, 5) is 1.53. The van der Waals surface area contributed by atoms with E-state index in [9.17, 15) is 0 Å². The van der Waals surface area contributed by atoms with Gasteiger partial charge in [-0.3, -0.25) is 0 Å². The van der Waals surface area contributed by atoms with Gasteiger partial charge in [-0.25, -0.2) is 0 Å². The Bertz CT molecular complexity index is 1120. The summed E-state index contributed by atoms with van der Waals surface area (Å²) in [5, 5.41) is 6.74. The molecule has 0 aliphatic rings. The molecule has 32 heavy (non-hydrogen) atoms. The number of rotatable bonds is 7. The van der Waals surface area contributed by atoms with Gasteiger partial charge in [0.25, 0.3) is 0 Å². The summed E-state index contributed by atoms with van der Waals surface area (Å²) in [7, 11) is 0. The average molecular weight is 583 g/mol. The zero-order chi connectivity index (χ0) is 22.2. The van der Waals surface area contributed by atoms with Gasteiger partial charge < -0.3 is 0 Å². The molecule has 0 bridgehead atoms. The molecule has 4 aromatic rings. The van der Waals surface area contributed by atoms with E-state index in [2.05, 4.69) is 47.0 Å². The van der Waals surface area contributed by atoms with Gasteiger partial charge in [0.15, 0.2) is 0 Å². The van der Waals surface area contributed by atoms with Gasteiger partial charge in [-0.1, -0.05) is 0 Å². The van der Waals surface area contributed by atoms with Crippen molar-refractivity contribution in [1.82, 2.24) is 0 Å². The van der Waals surface area contributed by atoms with Crippen LogP contribution in [0.3, 0.4) is 0 Å². The van der Waals surface area contributed by atoms with Crippen molar-refractivity contribution in [3.8, 4) is 0 Å². The molecule has 4 aromatic carbocycles. The van der Waals surface area contributed by atoms with Crippen LogP contribution in [0.25, 0.3) is 0 Å². The zero-order valence-electron chi connectivity index (χ0n) is 17.0. The van der Waals surface area contributed by atoms with Gasteiger partial charge >= 0.3 is 212 Å². The van der Waals surface area contributed by atoms with Gasteiger partial charge in [0.1, 0.15) is 0 Å². The van der Waals surface area contributed by atoms with Crippen molar-refractivity contribution in [2.75, 3.05) is 10.6 Å². The number of hydrogen-bond acceptors (Lipinski definition) is 2. The van der Waals surface area contributed by atoms with Crippen LogP contribution in [-0.4, -0.2) is 36.2 Å². The molecular weight excluding hydrogens is 562 g/mol. The van der Waals surface area contributed by atoms with Crippen LogP contribution in [0.4, 0.5) is 11.4 Å². The Morgan fingerprint density at radius 3 is 1.22 bits per heavy atom. The number of hydrogen-bond donors (Lipinski definition) is 2. The number of thiocarbonyl (C=S) groups is 2. The summed E-state index contributed by atoms with van der Waals surface area (Å²) in [5.74, 6) is 0. The predicted molar refractivity (Wildman–Crippen MR) is 147 cm³/mol. The van der Waals surface area contributed by atoms with E-state index < -0.39 is 0 Å². The molecule has 0 aliphatic carbocycles. The average Bonchev–Trinajstić information content (AvgIpc) is 2.84. The summed E-state index contributed by atoms with van der Waals surface area (Å²) >= 11 is 12.0. The Kier molecular flexibility index (Phi) is 8.24. The molecule has 4 rings (SSSR count). The third-order valence-electron chi connectivity index (χ3n) is 4.55. The minimum absolute atomic E-state index is 0.268. The van der Waals surface area contributed by atoms with Crippen molar-refractivity contribution in [1.29, 1.82) is 0 Å². The van der Waals surface area contributed by atoms with E-state index in [0.29, 0.717) is 0 Å². The second kappa shape index (κ2) is 11.5. The van der Waals surface area contributed by atoms with Crippen LogP contribution in [-0.2, 0) is 0 Å². The van der Waals surface area contributed by atoms with Crippen molar-refractivity contribution in [2.45, 2.75) is 0 Å². The maximum atomic E-state index is 5.74. The first kappa shape index (κ1) is 22.9. The van der Waals surface area contributed by atoms with Crippen molar-refractivity contribution in [3.63, 3.8) is 0 Å².